The van der Waals surface area contributed by atoms with Gasteiger partial charge in [-0.05, 0) is 37.0 Å². The third-order valence-corrected chi connectivity index (χ3v) is 4.17. The zero-order valence-corrected chi connectivity index (χ0v) is 13.0. The molecule has 0 aliphatic heterocycles. The Morgan fingerprint density at radius 1 is 1.47 bits per heavy atom. The van der Waals surface area contributed by atoms with Gasteiger partial charge in [0.15, 0.2) is 5.96 Å². The summed E-state index contributed by atoms with van der Waals surface area (Å²) in [4.78, 5) is 4.50. The molecule has 104 valence electrons. The molecular formula is C15H22BrN3. The quantitative estimate of drug-likeness (QED) is 0.480. The molecule has 0 aromatic heterocycles. The lowest BCUT2D eigenvalue weighted by atomic mass is 9.96. The van der Waals surface area contributed by atoms with Gasteiger partial charge in [0.1, 0.15) is 0 Å². The van der Waals surface area contributed by atoms with Crippen LogP contribution < -0.4 is 11.1 Å². The molecule has 4 heteroatoms. The van der Waals surface area contributed by atoms with Gasteiger partial charge in [0.25, 0.3) is 0 Å². The SMILES string of the molecule is CCCCNC(N)=NCC1(c2cccc(Br)c2)CC1. The zero-order chi connectivity index (χ0) is 13.7. The van der Waals surface area contributed by atoms with Crippen LogP contribution in [0.3, 0.4) is 0 Å². The number of rotatable bonds is 6. The molecule has 1 fully saturated rings. The molecule has 19 heavy (non-hydrogen) atoms. The second-order valence-electron chi connectivity index (χ2n) is 5.27. The molecule has 0 amide bonds. The van der Waals surface area contributed by atoms with Crippen LogP contribution in [0.5, 0.6) is 0 Å². The van der Waals surface area contributed by atoms with Crippen molar-refractivity contribution in [3.63, 3.8) is 0 Å². The first-order valence-electron chi connectivity index (χ1n) is 6.96. The normalized spacial score (nSPS) is 17.3. The van der Waals surface area contributed by atoms with Gasteiger partial charge in [0, 0.05) is 16.4 Å². The summed E-state index contributed by atoms with van der Waals surface area (Å²) in [5.41, 5.74) is 7.48. The topological polar surface area (TPSA) is 50.4 Å². The van der Waals surface area contributed by atoms with E-state index >= 15 is 0 Å². The first-order valence-corrected chi connectivity index (χ1v) is 7.75. The monoisotopic (exact) mass is 323 g/mol. The highest BCUT2D eigenvalue weighted by molar-refractivity contribution is 9.10. The Hall–Kier alpha value is -1.03. The highest BCUT2D eigenvalue weighted by Gasteiger charge is 2.44. The largest absolute Gasteiger partial charge is 0.370 e. The van der Waals surface area contributed by atoms with Crippen LogP contribution in [-0.2, 0) is 5.41 Å². The first kappa shape index (κ1) is 14.4. The van der Waals surface area contributed by atoms with Crippen molar-refractivity contribution < 1.29 is 0 Å². The van der Waals surface area contributed by atoms with Crippen molar-refractivity contribution in [2.24, 2.45) is 10.7 Å². The fourth-order valence-electron chi connectivity index (χ4n) is 2.19. The van der Waals surface area contributed by atoms with Crippen molar-refractivity contribution in [2.75, 3.05) is 13.1 Å². The van der Waals surface area contributed by atoms with Crippen LogP contribution in [0.25, 0.3) is 0 Å². The highest BCUT2D eigenvalue weighted by Crippen LogP contribution is 2.48. The van der Waals surface area contributed by atoms with E-state index in [-0.39, 0.29) is 5.41 Å². The van der Waals surface area contributed by atoms with Crippen LogP contribution in [0, 0.1) is 0 Å². The Morgan fingerprint density at radius 3 is 2.89 bits per heavy atom. The molecule has 0 spiro atoms. The molecule has 0 heterocycles. The minimum absolute atomic E-state index is 0.223. The predicted octanol–water partition coefficient (Wildman–Crippen LogP) is 3.19. The zero-order valence-electron chi connectivity index (χ0n) is 11.5. The summed E-state index contributed by atoms with van der Waals surface area (Å²) in [7, 11) is 0. The van der Waals surface area contributed by atoms with Crippen molar-refractivity contribution in [3.8, 4) is 0 Å². The van der Waals surface area contributed by atoms with Gasteiger partial charge in [-0.25, -0.2) is 0 Å². The summed E-state index contributed by atoms with van der Waals surface area (Å²) in [6, 6.07) is 8.53. The molecule has 1 aromatic rings. The Bertz CT molecular complexity index is 452. The minimum atomic E-state index is 0.223. The van der Waals surface area contributed by atoms with Gasteiger partial charge in [-0.15, -0.1) is 0 Å². The molecule has 1 saturated carbocycles. The average molecular weight is 324 g/mol. The lowest BCUT2D eigenvalue weighted by Crippen LogP contribution is -2.33. The van der Waals surface area contributed by atoms with Gasteiger partial charge in [-0.1, -0.05) is 41.4 Å². The first-order chi connectivity index (χ1) is 9.16. The van der Waals surface area contributed by atoms with Crippen LogP contribution in [0.1, 0.15) is 38.2 Å². The summed E-state index contributed by atoms with van der Waals surface area (Å²) in [5.74, 6) is 0.578. The molecule has 2 rings (SSSR count). The number of nitrogens with two attached hydrogens (primary N) is 1. The highest BCUT2D eigenvalue weighted by atomic mass is 79.9. The molecular weight excluding hydrogens is 302 g/mol. The van der Waals surface area contributed by atoms with Crippen molar-refractivity contribution in [3.05, 3.63) is 34.3 Å². The van der Waals surface area contributed by atoms with Gasteiger partial charge in [-0.3, -0.25) is 4.99 Å². The van der Waals surface area contributed by atoms with Gasteiger partial charge in [-0.2, -0.15) is 0 Å². The molecule has 1 aliphatic carbocycles. The Kier molecular flexibility index (Phi) is 4.86. The molecule has 0 radical (unpaired) electrons. The van der Waals surface area contributed by atoms with E-state index in [4.69, 9.17) is 5.73 Å². The number of halogens is 1. The van der Waals surface area contributed by atoms with Crippen LogP contribution in [0.15, 0.2) is 33.7 Å². The van der Waals surface area contributed by atoms with E-state index in [0.717, 1.165) is 24.0 Å². The smallest absolute Gasteiger partial charge is 0.188 e. The number of nitrogens with one attached hydrogen (secondary N) is 1. The Balaban J connectivity index is 1.93. The van der Waals surface area contributed by atoms with Gasteiger partial charge >= 0.3 is 0 Å². The number of guanidine groups is 1. The molecule has 3 nitrogen and oxygen atoms in total. The fraction of sp³-hybridized carbons (Fsp3) is 0.533. The minimum Gasteiger partial charge on any atom is -0.370 e. The number of nitrogens with zero attached hydrogens (tertiary/aromatic N) is 1. The molecule has 1 aliphatic rings. The van der Waals surface area contributed by atoms with Crippen molar-refractivity contribution >= 4 is 21.9 Å². The summed E-state index contributed by atoms with van der Waals surface area (Å²) in [6.45, 7) is 3.87. The number of aliphatic imine (C=N–C) groups is 1. The number of benzene rings is 1. The van der Waals surface area contributed by atoms with E-state index < -0.39 is 0 Å². The van der Waals surface area contributed by atoms with E-state index in [9.17, 15) is 0 Å². The van der Waals surface area contributed by atoms with Crippen LogP contribution >= 0.6 is 15.9 Å². The molecule has 0 saturated heterocycles. The maximum Gasteiger partial charge on any atom is 0.188 e. The van der Waals surface area contributed by atoms with Crippen molar-refractivity contribution in [1.82, 2.24) is 5.32 Å². The van der Waals surface area contributed by atoms with Gasteiger partial charge in [0.05, 0.1) is 6.54 Å². The van der Waals surface area contributed by atoms with E-state index in [1.54, 1.807) is 0 Å². The van der Waals surface area contributed by atoms with Crippen molar-refractivity contribution in [1.29, 1.82) is 0 Å². The fourth-order valence-corrected chi connectivity index (χ4v) is 2.59. The maximum absolute atomic E-state index is 5.89. The summed E-state index contributed by atoms with van der Waals surface area (Å²) >= 11 is 3.53. The molecule has 1 aromatic carbocycles. The summed E-state index contributed by atoms with van der Waals surface area (Å²) < 4.78 is 1.13. The third kappa shape index (κ3) is 3.96. The molecule has 0 bridgehead atoms. The number of hydrogen-bond acceptors (Lipinski definition) is 1. The van der Waals surface area contributed by atoms with Gasteiger partial charge < -0.3 is 11.1 Å². The van der Waals surface area contributed by atoms with E-state index in [1.807, 2.05) is 0 Å². The summed E-state index contributed by atoms with van der Waals surface area (Å²) in [5, 5.41) is 3.17. The summed E-state index contributed by atoms with van der Waals surface area (Å²) in [6.07, 6.45) is 4.71. The van der Waals surface area contributed by atoms with E-state index in [2.05, 4.69) is 57.4 Å². The third-order valence-electron chi connectivity index (χ3n) is 3.68. The Morgan fingerprint density at radius 2 is 2.26 bits per heavy atom. The van der Waals surface area contributed by atoms with E-state index in [1.165, 1.54) is 24.8 Å². The average Bonchev–Trinajstić information content (AvgIpc) is 3.18. The van der Waals surface area contributed by atoms with Gasteiger partial charge in [0.2, 0.25) is 0 Å². The second-order valence-corrected chi connectivity index (χ2v) is 6.19. The standard InChI is InChI=1S/C15H22BrN3/c1-2-3-9-18-14(17)19-11-15(7-8-15)12-5-4-6-13(16)10-12/h4-6,10H,2-3,7-9,11H2,1H3,(H3,17,18,19). The van der Waals surface area contributed by atoms with Crippen molar-refractivity contribution in [2.45, 2.75) is 38.0 Å². The van der Waals surface area contributed by atoms with Crippen LogP contribution in [0.4, 0.5) is 0 Å². The lowest BCUT2D eigenvalue weighted by Gasteiger charge is -2.14. The Labute approximate surface area is 123 Å². The lowest BCUT2D eigenvalue weighted by molar-refractivity contribution is 0.694. The maximum atomic E-state index is 5.89. The molecule has 0 atom stereocenters. The molecule has 3 N–H and O–H groups in total. The number of unbranched alkanes of at least 4 members (excludes halogenated alkanes) is 1. The van der Waals surface area contributed by atoms with Crippen LogP contribution in [0.2, 0.25) is 0 Å². The van der Waals surface area contributed by atoms with Crippen LogP contribution in [-0.4, -0.2) is 19.0 Å². The predicted molar refractivity (Wildman–Crippen MR) is 84.5 cm³/mol. The molecule has 0 unspecified atom stereocenters. The van der Waals surface area contributed by atoms with E-state index in [0.29, 0.717) is 5.96 Å². The number of hydrogen-bond donors (Lipinski definition) is 2. The second kappa shape index (κ2) is 6.42.